The van der Waals surface area contributed by atoms with E-state index in [9.17, 15) is 0 Å². The minimum Gasteiger partial charge on any atom is -0.275 e. The predicted molar refractivity (Wildman–Crippen MR) is 58.3 cm³/mol. The second kappa shape index (κ2) is 3.81. The van der Waals surface area contributed by atoms with Gasteiger partial charge in [-0.1, -0.05) is 6.92 Å². The third-order valence-corrected chi connectivity index (χ3v) is 2.39. The number of aromatic nitrogens is 4. The van der Waals surface area contributed by atoms with E-state index in [0.29, 0.717) is 0 Å². The first-order chi connectivity index (χ1) is 7.20. The lowest BCUT2D eigenvalue weighted by atomic mass is 10.2. The molecule has 2 aromatic rings. The number of rotatable bonds is 2. The Hall–Kier alpha value is -1.71. The Morgan fingerprint density at radius 2 is 2.13 bits per heavy atom. The molecule has 0 saturated heterocycles. The van der Waals surface area contributed by atoms with Crippen LogP contribution in [0, 0.1) is 6.92 Å². The molecule has 4 nitrogen and oxygen atoms in total. The lowest BCUT2D eigenvalue weighted by molar-refractivity contribution is 0.768. The standard InChI is InChI=1S/C11H14N4/c1-4-10-8(2)12-6-11(14-10)9-5-13-15(3)7-9/h5-7H,4H2,1-3H3. The molecule has 2 heterocycles. The molecule has 0 unspecified atom stereocenters. The van der Waals surface area contributed by atoms with Crippen LogP contribution in [0.3, 0.4) is 0 Å². The predicted octanol–water partition coefficient (Wildman–Crippen LogP) is 1.75. The molecule has 2 rings (SSSR count). The first-order valence-electron chi connectivity index (χ1n) is 5.02. The monoisotopic (exact) mass is 202 g/mol. The van der Waals surface area contributed by atoms with Gasteiger partial charge in [0.25, 0.3) is 0 Å². The van der Waals surface area contributed by atoms with E-state index in [4.69, 9.17) is 0 Å². The Morgan fingerprint density at radius 1 is 1.33 bits per heavy atom. The minimum atomic E-state index is 0.894. The van der Waals surface area contributed by atoms with Gasteiger partial charge in [0.1, 0.15) is 0 Å². The molecule has 78 valence electrons. The van der Waals surface area contributed by atoms with E-state index in [2.05, 4.69) is 22.0 Å². The molecule has 0 saturated carbocycles. The van der Waals surface area contributed by atoms with Crippen molar-refractivity contribution in [2.24, 2.45) is 7.05 Å². The second-order valence-corrected chi connectivity index (χ2v) is 3.54. The molecular formula is C11H14N4. The maximum Gasteiger partial charge on any atom is 0.0920 e. The van der Waals surface area contributed by atoms with Crippen LogP contribution in [0.25, 0.3) is 11.3 Å². The Kier molecular flexibility index (Phi) is 2.49. The summed E-state index contributed by atoms with van der Waals surface area (Å²) in [5.41, 5.74) is 3.96. The molecule has 4 heteroatoms. The summed E-state index contributed by atoms with van der Waals surface area (Å²) in [7, 11) is 1.89. The van der Waals surface area contributed by atoms with E-state index >= 15 is 0 Å². The van der Waals surface area contributed by atoms with Crippen LogP contribution in [0.5, 0.6) is 0 Å². The van der Waals surface area contributed by atoms with Crippen LogP contribution in [0.4, 0.5) is 0 Å². The van der Waals surface area contributed by atoms with Gasteiger partial charge in [-0.15, -0.1) is 0 Å². The second-order valence-electron chi connectivity index (χ2n) is 3.54. The lowest BCUT2D eigenvalue weighted by Crippen LogP contribution is -1.97. The molecule has 0 spiro atoms. The average Bonchev–Trinajstić information content (AvgIpc) is 2.66. The van der Waals surface area contributed by atoms with E-state index in [1.165, 1.54) is 0 Å². The van der Waals surface area contributed by atoms with Crippen LogP contribution in [-0.4, -0.2) is 19.7 Å². The number of hydrogen-bond donors (Lipinski definition) is 0. The molecule has 15 heavy (non-hydrogen) atoms. The molecular weight excluding hydrogens is 188 g/mol. The zero-order chi connectivity index (χ0) is 10.8. The van der Waals surface area contributed by atoms with Gasteiger partial charge in [-0.25, -0.2) is 4.98 Å². The highest BCUT2D eigenvalue weighted by Crippen LogP contribution is 2.16. The van der Waals surface area contributed by atoms with Crippen LogP contribution >= 0.6 is 0 Å². The summed E-state index contributed by atoms with van der Waals surface area (Å²) in [6, 6.07) is 0. The van der Waals surface area contributed by atoms with Gasteiger partial charge in [-0.3, -0.25) is 9.67 Å². The van der Waals surface area contributed by atoms with E-state index < -0.39 is 0 Å². The van der Waals surface area contributed by atoms with Crippen LogP contribution < -0.4 is 0 Å². The average molecular weight is 202 g/mol. The van der Waals surface area contributed by atoms with Crippen molar-refractivity contribution in [1.82, 2.24) is 19.7 Å². The van der Waals surface area contributed by atoms with Crippen LogP contribution in [0.1, 0.15) is 18.3 Å². The fourth-order valence-corrected chi connectivity index (χ4v) is 1.52. The van der Waals surface area contributed by atoms with Gasteiger partial charge in [0.05, 0.1) is 29.5 Å². The summed E-state index contributed by atoms with van der Waals surface area (Å²) < 4.78 is 1.77. The van der Waals surface area contributed by atoms with Crippen molar-refractivity contribution in [2.45, 2.75) is 20.3 Å². The van der Waals surface area contributed by atoms with Crippen LogP contribution in [0.2, 0.25) is 0 Å². The molecule has 0 atom stereocenters. The summed E-state index contributed by atoms with van der Waals surface area (Å²) in [6.07, 6.45) is 6.45. The highest BCUT2D eigenvalue weighted by molar-refractivity contribution is 5.55. The Morgan fingerprint density at radius 3 is 2.73 bits per heavy atom. The highest BCUT2D eigenvalue weighted by atomic mass is 15.2. The fourth-order valence-electron chi connectivity index (χ4n) is 1.52. The van der Waals surface area contributed by atoms with Gasteiger partial charge in [-0.05, 0) is 13.3 Å². The zero-order valence-corrected chi connectivity index (χ0v) is 9.23. The third-order valence-electron chi connectivity index (χ3n) is 2.39. The molecule has 0 N–H and O–H groups in total. The van der Waals surface area contributed by atoms with Gasteiger partial charge in [0, 0.05) is 18.8 Å². The van der Waals surface area contributed by atoms with Crippen molar-refractivity contribution in [2.75, 3.05) is 0 Å². The summed E-state index contributed by atoms with van der Waals surface area (Å²) in [6.45, 7) is 4.07. The van der Waals surface area contributed by atoms with Gasteiger partial charge in [-0.2, -0.15) is 5.10 Å². The molecule has 0 aliphatic carbocycles. The summed E-state index contributed by atoms with van der Waals surface area (Å²) in [5.74, 6) is 0. The van der Waals surface area contributed by atoms with E-state index in [0.717, 1.165) is 29.1 Å². The maximum atomic E-state index is 4.56. The lowest BCUT2D eigenvalue weighted by Gasteiger charge is -2.03. The van der Waals surface area contributed by atoms with Crippen molar-refractivity contribution in [3.05, 3.63) is 30.0 Å². The van der Waals surface area contributed by atoms with Gasteiger partial charge >= 0.3 is 0 Å². The van der Waals surface area contributed by atoms with E-state index in [1.807, 2.05) is 20.2 Å². The summed E-state index contributed by atoms with van der Waals surface area (Å²) >= 11 is 0. The molecule has 0 radical (unpaired) electrons. The molecule has 0 amide bonds. The van der Waals surface area contributed by atoms with Crippen molar-refractivity contribution >= 4 is 0 Å². The number of aryl methyl sites for hydroxylation is 3. The minimum absolute atomic E-state index is 0.894. The maximum absolute atomic E-state index is 4.56. The van der Waals surface area contributed by atoms with Crippen molar-refractivity contribution in [1.29, 1.82) is 0 Å². The van der Waals surface area contributed by atoms with Gasteiger partial charge < -0.3 is 0 Å². The van der Waals surface area contributed by atoms with Crippen LogP contribution in [-0.2, 0) is 13.5 Å². The van der Waals surface area contributed by atoms with Crippen molar-refractivity contribution in [3.8, 4) is 11.3 Å². The Bertz CT molecular complexity index is 473. The van der Waals surface area contributed by atoms with Crippen LogP contribution in [0.15, 0.2) is 18.6 Å². The fraction of sp³-hybridized carbons (Fsp3) is 0.364. The molecule has 0 bridgehead atoms. The Balaban J connectivity index is 2.45. The smallest absolute Gasteiger partial charge is 0.0920 e. The molecule has 0 aliphatic rings. The van der Waals surface area contributed by atoms with Crippen molar-refractivity contribution < 1.29 is 0 Å². The molecule has 0 aromatic carbocycles. The summed E-state index contributed by atoms with van der Waals surface area (Å²) in [4.78, 5) is 8.89. The Labute approximate surface area is 89.0 Å². The van der Waals surface area contributed by atoms with Gasteiger partial charge in [0.15, 0.2) is 0 Å². The SMILES string of the molecule is CCc1nc(-c2cnn(C)c2)cnc1C. The first-order valence-corrected chi connectivity index (χ1v) is 5.02. The highest BCUT2D eigenvalue weighted by Gasteiger charge is 2.05. The normalized spacial score (nSPS) is 10.6. The number of nitrogens with zero attached hydrogens (tertiary/aromatic N) is 4. The topological polar surface area (TPSA) is 43.6 Å². The van der Waals surface area contributed by atoms with E-state index in [-0.39, 0.29) is 0 Å². The van der Waals surface area contributed by atoms with Gasteiger partial charge in [0.2, 0.25) is 0 Å². The zero-order valence-electron chi connectivity index (χ0n) is 9.23. The number of hydrogen-bond acceptors (Lipinski definition) is 3. The third kappa shape index (κ3) is 1.88. The molecule has 0 aliphatic heterocycles. The quantitative estimate of drug-likeness (QED) is 0.745. The largest absolute Gasteiger partial charge is 0.275 e. The summed E-state index contributed by atoms with van der Waals surface area (Å²) in [5, 5.41) is 4.12. The molecule has 0 fully saturated rings. The van der Waals surface area contributed by atoms with Crippen molar-refractivity contribution in [3.63, 3.8) is 0 Å². The molecule has 2 aromatic heterocycles. The first kappa shape index (κ1) is 9.83. The van der Waals surface area contributed by atoms with E-state index in [1.54, 1.807) is 17.1 Å².